The summed E-state index contributed by atoms with van der Waals surface area (Å²) in [7, 11) is 5.18. The molecule has 1 amide bonds. The number of hydrogen-bond acceptors (Lipinski definition) is 3. The Morgan fingerprint density at radius 3 is 2.54 bits per heavy atom. The average Bonchev–Trinajstić information content (AvgIpc) is 2.65. The van der Waals surface area contributed by atoms with Crippen molar-refractivity contribution in [3.8, 4) is 5.75 Å². The molecule has 6 heteroatoms. The Kier molecular flexibility index (Phi) is 7.75. The minimum atomic E-state index is 0.0284. The van der Waals surface area contributed by atoms with Gasteiger partial charge in [0, 0.05) is 20.1 Å². The molecule has 0 radical (unpaired) electrons. The Morgan fingerprint density at radius 1 is 1.23 bits per heavy atom. The summed E-state index contributed by atoms with van der Waals surface area (Å²) in [6, 6.07) is 8.29. The van der Waals surface area contributed by atoms with E-state index >= 15 is 0 Å². The number of carbonyl (C=O) groups excluding carboxylic acids is 1. The van der Waals surface area contributed by atoms with Crippen LogP contribution in [0, 0.1) is 5.92 Å². The average molecular weight is 361 g/mol. The van der Waals surface area contributed by atoms with Crippen molar-refractivity contribution >= 4 is 11.9 Å². The van der Waals surface area contributed by atoms with Crippen molar-refractivity contribution in [2.45, 2.75) is 45.2 Å². The quantitative estimate of drug-likeness (QED) is 0.604. The van der Waals surface area contributed by atoms with Crippen LogP contribution in [0.25, 0.3) is 0 Å². The molecular formula is C20H32N4O2. The van der Waals surface area contributed by atoms with Crippen LogP contribution in [0.3, 0.4) is 0 Å². The SMILES string of the molecule is COc1ccc(CN=C(NCC(=O)N(C)C)NC2CCCCC2C)cc1. The van der Waals surface area contributed by atoms with E-state index in [0.717, 1.165) is 17.7 Å². The van der Waals surface area contributed by atoms with E-state index in [9.17, 15) is 4.79 Å². The van der Waals surface area contributed by atoms with Crippen molar-refractivity contribution in [1.29, 1.82) is 0 Å². The van der Waals surface area contributed by atoms with E-state index in [0.29, 0.717) is 24.5 Å². The van der Waals surface area contributed by atoms with Crippen molar-refractivity contribution in [2.24, 2.45) is 10.9 Å². The van der Waals surface area contributed by atoms with Gasteiger partial charge in [-0.25, -0.2) is 4.99 Å². The van der Waals surface area contributed by atoms with Crippen LogP contribution in [0.15, 0.2) is 29.3 Å². The van der Waals surface area contributed by atoms with Gasteiger partial charge in [0.25, 0.3) is 0 Å². The molecule has 2 unspecified atom stereocenters. The number of guanidine groups is 1. The molecule has 0 spiro atoms. The van der Waals surface area contributed by atoms with Crippen molar-refractivity contribution in [2.75, 3.05) is 27.7 Å². The van der Waals surface area contributed by atoms with Crippen LogP contribution in [0.5, 0.6) is 5.75 Å². The fraction of sp³-hybridized carbons (Fsp3) is 0.600. The van der Waals surface area contributed by atoms with Crippen LogP contribution in [0.2, 0.25) is 0 Å². The standard InChI is InChI=1S/C20H32N4O2/c1-15-7-5-6-8-18(15)23-20(22-14-19(25)24(2)3)21-13-16-9-11-17(26-4)12-10-16/h9-12,15,18H,5-8,13-14H2,1-4H3,(H2,21,22,23). The van der Waals surface area contributed by atoms with Crippen LogP contribution in [0.4, 0.5) is 0 Å². The molecule has 1 aliphatic rings. The third kappa shape index (κ3) is 6.24. The van der Waals surface area contributed by atoms with Gasteiger partial charge in [0.1, 0.15) is 5.75 Å². The topological polar surface area (TPSA) is 66.0 Å². The zero-order chi connectivity index (χ0) is 18.9. The van der Waals surface area contributed by atoms with Gasteiger partial charge in [-0.3, -0.25) is 4.79 Å². The highest BCUT2D eigenvalue weighted by molar-refractivity contribution is 5.86. The maximum absolute atomic E-state index is 11.9. The third-order valence-electron chi connectivity index (χ3n) is 4.92. The molecule has 2 atom stereocenters. The number of likely N-dealkylation sites (N-methyl/N-ethyl adjacent to an activating group) is 1. The second-order valence-electron chi connectivity index (χ2n) is 7.17. The van der Waals surface area contributed by atoms with Crippen molar-refractivity contribution in [3.05, 3.63) is 29.8 Å². The fourth-order valence-corrected chi connectivity index (χ4v) is 3.08. The summed E-state index contributed by atoms with van der Waals surface area (Å²) in [6.45, 7) is 3.07. The second-order valence-corrected chi connectivity index (χ2v) is 7.17. The molecule has 144 valence electrons. The maximum Gasteiger partial charge on any atom is 0.241 e. The summed E-state index contributed by atoms with van der Waals surface area (Å²) >= 11 is 0. The molecular weight excluding hydrogens is 328 g/mol. The molecule has 0 saturated heterocycles. The molecule has 2 N–H and O–H groups in total. The van der Waals surface area contributed by atoms with Crippen LogP contribution in [0.1, 0.15) is 38.2 Å². The number of hydrogen-bond donors (Lipinski definition) is 2. The smallest absolute Gasteiger partial charge is 0.241 e. The molecule has 0 aliphatic heterocycles. The first-order valence-electron chi connectivity index (χ1n) is 9.37. The van der Waals surface area contributed by atoms with Crippen molar-refractivity contribution in [3.63, 3.8) is 0 Å². The number of carbonyl (C=O) groups is 1. The molecule has 1 fully saturated rings. The molecule has 0 bridgehead atoms. The van der Waals surface area contributed by atoms with Gasteiger partial charge in [0.2, 0.25) is 5.91 Å². The largest absolute Gasteiger partial charge is 0.497 e. The van der Waals surface area contributed by atoms with E-state index < -0.39 is 0 Å². The number of benzene rings is 1. The minimum Gasteiger partial charge on any atom is -0.497 e. The lowest BCUT2D eigenvalue weighted by molar-refractivity contribution is -0.127. The maximum atomic E-state index is 11.9. The lowest BCUT2D eigenvalue weighted by Gasteiger charge is -2.31. The van der Waals surface area contributed by atoms with Gasteiger partial charge in [-0.2, -0.15) is 0 Å². The van der Waals surface area contributed by atoms with Crippen LogP contribution < -0.4 is 15.4 Å². The Balaban J connectivity index is 2.03. The number of aliphatic imine (C=N–C) groups is 1. The Bertz CT molecular complexity index is 598. The number of rotatable bonds is 6. The third-order valence-corrected chi connectivity index (χ3v) is 4.92. The van der Waals surface area contributed by atoms with Gasteiger partial charge in [-0.1, -0.05) is 31.9 Å². The molecule has 1 saturated carbocycles. The second kappa shape index (κ2) is 10.0. The number of nitrogens with zero attached hydrogens (tertiary/aromatic N) is 2. The van der Waals surface area contributed by atoms with Gasteiger partial charge >= 0.3 is 0 Å². The first-order valence-corrected chi connectivity index (χ1v) is 9.37. The highest BCUT2D eigenvalue weighted by Crippen LogP contribution is 2.23. The number of amides is 1. The summed E-state index contributed by atoms with van der Waals surface area (Å²) in [5, 5.41) is 6.72. The molecule has 6 nitrogen and oxygen atoms in total. The summed E-state index contributed by atoms with van der Waals surface area (Å²) in [5.74, 6) is 2.18. The first kappa shape index (κ1) is 20.1. The van der Waals surface area contributed by atoms with E-state index in [4.69, 9.17) is 9.73 Å². The Labute approximate surface area is 157 Å². The molecule has 0 aromatic heterocycles. The van der Waals surface area contributed by atoms with E-state index in [-0.39, 0.29) is 12.5 Å². The van der Waals surface area contributed by atoms with E-state index in [1.54, 1.807) is 26.1 Å². The first-order chi connectivity index (χ1) is 12.5. The Hall–Kier alpha value is -2.24. The van der Waals surface area contributed by atoms with Crippen LogP contribution in [-0.4, -0.2) is 50.6 Å². The highest BCUT2D eigenvalue weighted by Gasteiger charge is 2.22. The monoisotopic (exact) mass is 360 g/mol. The minimum absolute atomic E-state index is 0.0284. The number of methoxy groups -OCH3 is 1. The van der Waals surface area contributed by atoms with Crippen LogP contribution in [-0.2, 0) is 11.3 Å². The van der Waals surface area contributed by atoms with E-state index in [1.807, 2.05) is 24.3 Å². The lowest BCUT2D eigenvalue weighted by Crippen LogP contribution is -2.49. The summed E-state index contributed by atoms with van der Waals surface area (Å²) in [4.78, 5) is 18.2. The van der Waals surface area contributed by atoms with E-state index in [2.05, 4.69) is 17.6 Å². The summed E-state index contributed by atoms with van der Waals surface area (Å²) < 4.78 is 5.19. The van der Waals surface area contributed by atoms with Gasteiger partial charge in [-0.05, 0) is 36.5 Å². The normalized spacial score (nSPS) is 20.4. The molecule has 1 aliphatic carbocycles. The predicted molar refractivity (Wildman–Crippen MR) is 105 cm³/mol. The lowest BCUT2D eigenvalue weighted by atomic mass is 9.86. The highest BCUT2D eigenvalue weighted by atomic mass is 16.5. The molecule has 1 aromatic carbocycles. The zero-order valence-electron chi connectivity index (χ0n) is 16.4. The predicted octanol–water partition coefficient (Wildman–Crippen LogP) is 2.40. The molecule has 1 aromatic rings. The van der Waals surface area contributed by atoms with Gasteiger partial charge in [0.15, 0.2) is 5.96 Å². The van der Waals surface area contributed by atoms with Gasteiger partial charge in [0.05, 0.1) is 20.2 Å². The van der Waals surface area contributed by atoms with Gasteiger partial charge in [-0.15, -0.1) is 0 Å². The fourth-order valence-electron chi connectivity index (χ4n) is 3.08. The van der Waals surface area contributed by atoms with Crippen LogP contribution >= 0.6 is 0 Å². The zero-order valence-corrected chi connectivity index (χ0v) is 16.4. The van der Waals surface area contributed by atoms with Gasteiger partial charge < -0.3 is 20.3 Å². The Morgan fingerprint density at radius 2 is 1.92 bits per heavy atom. The summed E-state index contributed by atoms with van der Waals surface area (Å²) in [5.41, 5.74) is 1.10. The molecule has 2 rings (SSSR count). The van der Waals surface area contributed by atoms with Crippen molar-refractivity contribution < 1.29 is 9.53 Å². The van der Waals surface area contributed by atoms with Crippen molar-refractivity contribution in [1.82, 2.24) is 15.5 Å². The molecule has 26 heavy (non-hydrogen) atoms. The molecule has 0 heterocycles. The number of nitrogens with one attached hydrogen (secondary N) is 2. The van der Waals surface area contributed by atoms with E-state index in [1.165, 1.54) is 19.3 Å². The summed E-state index contributed by atoms with van der Waals surface area (Å²) in [6.07, 6.45) is 4.92. The number of ether oxygens (including phenoxy) is 1.